The minimum atomic E-state index is -3.97. The lowest BCUT2D eigenvalue weighted by molar-refractivity contribution is -0.117. The number of hydrogen-bond acceptors (Lipinski definition) is 5. The number of rotatable bonds is 7. The Morgan fingerprint density at radius 3 is 2.34 bits per heavy atom. The maximum atomic E-state index is 13.2. The number of amides is 1. The van der Waals surface area contributed by atoms with Gasteiger partial charge in [-0.05, 0) is 48.7 Å². The van der Waals surface area contributed by atoms with Crippen LogP contribution in [0.4, 0.5) is 5.69 Å². The van der Waals surface area contributed by atoms with Crippen LogP contribution in [0.15, 0.2) is 82.2 Å². The highest BCUT2D eigenvalue weighted by molar-refractivity contribution is 7.89. The van der Waals surface area contributed by atoms with E-state index >= 15 is 0 Å². The number of aryl methyl sites for hydroxylation is 2. The summed E-state index contributed by atoms with van der Waals surface area (Å²) in [4.78, 5) is 13.2. The fourth-order valence-electron chi connectivity index (χ4n) is 3.50. The van der Waals surface area contributed by atoms with Crippen molar-refractivity contribution in [2.24, 2.45) is 0 Å². The fraction of sp³-hybridized carbons (Fsp3) is 0.167. The van der Waals surface area contributed by atoms with Gasteiger partial charge in [0.15, 0.2) is 5.76 Å². The molecule has 8 heteroatoms. The summed E-state index contributed by atoms with van der Waals surface area (Å²) < 4.78 is 34.1. The standard InChI is InChI=1S/C24H23N3O4S/c1-16-23(17(2)31-26-16)25-24(28)22(14-18-8-4-3-5-9-18)27-32(29,30)21-13-12-19-10-6-7-11-20(19)15-21/h3-13,15,22,27H,14H2,1-2H3,(H,25,28)/t22-/m0/s1. The van der Waals surface area contributed by atoms with Crippen molar-refractivity contribution in [3.63, 3.8) is 0 Å². The summed E-state index contributed by atoms with van der Waals surface area (Å²) >= 11 is 0. The summed E-state index contributed by atoms with van der Waals surface area (Å²) in [5.74, 6) is -0.0423. The Bertz CT molecular complexity index is 1350. The maximum Gasteiger partial charge on any atom is 0.243 e. The van der Waals surface area contributed by atoms with Crippen molar-refractivity contribution >= 4 is 32.4 Å². The molecule has 0 spiro atoms. The van der Waals surface area contributed by atoms with E-state index in [2.05, 4.69) is 15.2 Å². The van der Waals surface area contributed by atoms with Gasteiger partial charge in [-0.3, -0.25) is 4.79 Å². The molecule has 0 aliphatic heterocycles. The van der Waals surface area contributed by atoms with Crippen LogP contribution >= 0.6 is 0 Å². The van der Waals surface area contributed by atoms with Gasteiger partial charge in [-0.1, -0.05) is 65.8 Å². The molecule has 7 nitrogen and oxygen atoms in total. The Morgan fingerprint density at radius 1 is 0.969 bits per heavy atom. The van der Waals surface area contributed by atoms with Gasteiger partial charge in [-0.15, -0.1) is 0 Å². The van der Waals surface area contributed by atoms with Crippen LogP contribution in [0, 0.1) is 13.8 Å². The molecular weight excluding hydrogens is 426 g/mol. The SMILES string of the molecule is Cc1noc(C)c1NC(=O)[C@H](Cc1ccccc1)NS(=O)(=O)c1ccc2ccccc2c1. The highest BCUT2D eigenvalue weighted by Gasteiger charge is 2.27. The first-order chi connectivity index (χ1) is 15.3. The van der Waals surface area contributed by atoms with Crippen LogP contribution in [0.5, 0.6) is 0 Å². The number of fused-ring (bicyclic) bond motifs is 1. The van der Waals surface area contributed by atoms with Crippen molar-refractivity contribution in [1.82, 2.24) is 9.88 Å². The van der Waals surface area contributed by atoms with Crippen LogP contribution in [0.1, 0.15) is 17.0 Å². The van der Waals surface area contributed by atoms with Crippen LogP contribution in [0.25, 0.3) is 10.8 Å². The van der Waals surface area contributed by atoms with E-state index in [1.165, 1.54) is 6.07 Å². The van der Waals surface area contributed by atoms with E-state index in [1.807, 2.05) is 54.6 Å². The molecule has 4 aromatic rings. The summed E-state index contributed by atoms with van der Waals surface area (Å²) in [7, 11) is -3.97. The number of nitrogens with zero attached hydrogens (tertiary/aromatic N) is 1. The van der Waals surface area contributed by atoms with Crippen LogP contribution < -0.4 is 10.0 Å². The van der Waals surface area contributed by atoms with Crippen LogP contribution in [0.3, 0.4) is 0 Å². The van der Waals surface area contributed by atoms with Gasteiger partial charge >= 0.3 is 0 Å². The molecule has 1 heterocycles. The molecule has 0 radical (unpaired) electrons. The summed E-state index contributed by atoms with van der Waals surface area (Å²) in [6.07, 6.45) is 0.183. The average molecular weight is 450 g/mol. The molecular formula is C24H23N3O4S. The fourth-order valence-corrected chi connectivity index (χ4v) is 4.73. The minimum Gasteiger partial charge on any atom is -0.359 e. The van der Waals surface area contributed by atoms with Gasteiger partial charge in [-0.2, -0.15) is 4.72 Å². The number of benzene rings is 3. The summed E-state index contributed by atoms with van der Waals surface area (Å²) in [6, 6.07) is 20.6. The number of anilines is 1. The predicted molar refractivity (Wildman–Crippen MR) is 123 cm³/mol. The molecule has 0 bridgehead atoms. The minimum absolute atomic E-state index is 0.0967. The van der Waals surface area contributed by atoms with Gasteiger partial charge in [0, 0.05) is 0 Å². The third-order valence-corrected chi connectivity index (χ3v) is 6.68. The molecule has 2 N–H and O–H groups in total. The lowest BCUT2D eigenvalue weighted by Gasteiger charge is -2.19. The summed E-state index contributed by atoms with van der Waals surface area (Å²) in [5, 5.41) is 8.33. The second-order valence-corrected chi connectivity index (χ2v) is 9.27. The average Bonchev–Trinajstić information content (AvgIpc) is 3.11. The molecule has 0 aliphatic carbocycles. The second kappa shape index (κ2) is 8.94. The van der Waals surface area contributed by atoms with E-state index in [0.717, 1.165) is 16.3 Å². The van der Waals surface area contributed by atoms with E-state index in [1.54, 1.807) is 26.0 Å². The first-order valence-corrected chi connectivity index (χ1v) is 11.6. The van der Waals surface area contributed by atoms with Gasteiger partial charge in [-0.25, -0.2) is 8.42 Å². The molecule has 1 aromatic heterocycles. The maximum absolute atomic E-state index is 13.2. The number of nitrogens with one attached hydrogen (secondary N) is 2. The first kappa shape index (κ1) is 21.7. The third kappa shape index (κ3) is 4.71. The molecule has 3 aromatic carbocycles. The van der Waals surface area contributed by atoms with E-state index in [0.29, 0.717) is 17.1 Å². The van der Waals surface area contributed by atoms with E-state index in [-0.39, 0.29) is 11.3 Å². The van der Waals surface area contributed by atoms with Crippen molar-refractivity contribution in [3.8, 4) is 0 Å². The molecule has 0 unspecified atom stereocenters. The van der Waals surface area contributed by atoms with Gasteiger partial charge in [0.2, 0.25) is 15.9 Å². The van der Waals surface area contributed by atoms with Gasteiger partial charge in [0.1, 0.15) is 17.4 Å². The first-order valence-electron chi connectivity index (χ1n) is 10.1. The monoisotopic (exact) mass is 449 g/mol. The van der Waals surface area contributed by atoms with E-state index in [9.17, 15) is 13.2 Å². The zero-order valence-electron chi connectivity index (χ0n) is 17.7. The Balaban J connectivity index is 1.64. The predicted octanol–water partition coefficient (Wildman–Crippen LogP) is 3.97. The van der Waals surface area contributed by atoms with Gasteiger partial charge < -0.3 is 9.84 Å². The number of hydrogen-bond donors (Lipinski definition) is 2. The molecule has 164 valence electrons. The molecule has 4 rings (SSSR count). The number of carbonyl (C=O) groups is 1. The van der Waals surface area contributed by atoms with Crippen molar-refractivity contribution < 1.29 is 17.7 Å². The number of carbonyl (C=O) groups excluding carboxylic acids is 1. The molecule has 0 fully saturated rings. The highest BCUT2D eigenvalue weighted by atomic mass is 32.2. The number of aromatic nitrogens is 1. The second-order valence-electron chi connectivity index (χ2n) is 7.56. The zero-order chi connectivity index (χ0) is 22.7. The Morgan fingerprint density at radius 2 is 1.66 bits per heavy atom. The highest BCUT2D eigenvalue weighted by Crippen LogP contribution is 2.21. The van der Waals surface area contributed by atoms with Crippen molar-refractivity contribution in [2.45, 2.75) is 31.2 Å². The van der Waals surface area contributed by atoms with Crippen LogP contribution in [-0.2, 0) is 21.2 Å². The molecule has 0 aliphatic rings. The lowest BCUT2D eigenvalue weighted by atomic mass is 10.1. The van der Waals surface area contributed by atoms with Crippen LogP contribution in [0.2, 0.25) is 0 Å². The van der Waals surface area contributed by atoms with Crippen molar-refractivity contribution in [2.75, 3.05) is 5.32 Å². The topological polar surface area (TPSA) is 101 Å². The lowest BCUT2D eigenvalue weighted by Crippen LogP contribution is -2.45. The molecule has 1 amide bonds. The summed E-state index contributed by atoms with van der Waals surface area (Å²) in [5.41, 5.74) is 1.79. The third-order valence-electron chi connectivity index (χ3n) is 5.21. The smallest absolute Gasteiger partial charge is 0.243 e. The largest absolute Gasteiger partial charge is 0.359 e. The van der Waals surface area contributed by atoms with E-state index in [4.69, 9.17) is 4.52 Å². The van der Waals surface area contributed by atoms with Gasteiger partial charge in [0.05, 0.1) is 4.90 Å². The normalized spacial score (nSPS) is 12.6. The van der Waals surface area contributed by atoms with Crippen molar-refractivity contribution in [3.05, 3.63) is 89.8 Å². The Labute approximate surface area is 186 Å². The van der Waals surface area contributed by atoms with Gasteiger partial charge in [0.25, 0.3) is 0 Å². The number of sulfonamides is 1. The van der Waals surface area contributed by atoms with Crippen molar-refractivity contribution in [1.29, 1.82) is 0 Å². The van der Waals surface area contributed by atoms with E-state index < -0.39 is 22.0 Å². The quantitative estimate of drug-likeness (QED) is 0.445. The summed E-state index contributed by atoms with van der Waals surface area (Å²) in [6.45, 7) is 3.39. The molecule has 32 heavy (non-hydrogen) atoms. The molecule has 0 saturated heterocycles. The molecule has 1 atom stereocenters. The van der Waals surface area contributed by atoms with Crippen LogP contribution in [-0.4, -0.2) is 25.5 Å². The Kier molecular flexibility index (Phi) is 6.07. The molecule has 0 saturated carbocycles. The Hall–Kier alpha value is -3.49. The zero-order valence-corrected chi connectivity index (χ0v) is 18.5.